The number of hydrogen-bond acceptors (Lipinski definition) is 3. The van der Waals surface area contributed by atoms with Crippen molar-refractivity contribution in [2.75, 3.05) is 6.61 Å². The molecule has 3 N–H and O–H groups in total. The fourth-order valence-electron chi connectivity index (χ4n) is 1.30. The molecule has 0 aliphatic rings. The minimum Gasteiger partial charge on any atom is -0.480 e. The molecule has 0 aromatic heterocycles. The number of aliphatic carboxylic acids is 1. The van der Waals surface area contributed by atoms with E-state index in [0.717, 1.165) is 0 Å². The molecule has 0 heterocycles. The summed E-state index contributed by atoms with van der Waals surface area (Å²) in [6.07, 6.45) is -0.0500. The van der Waals surface area contributed by atoms with E-state index < -0.39 is 11.5 Å². The first-order valence-corrected chi connectivity index (χ1v) is 5.16. The van der Waals surface area contributed by atoms with Crippen molar-refractivity contribution in [3.8, 4) is 0 Å². The van der Waals surface area contributed by atoms with E-state index in [1.54, 1.807) is 24.3 Å². The SMILES string of the molecule is CC(C)OCC(N)(C(=O)O)c1ccccc1. The van der Waals surface area contributed by atoms with E-state index >= 15 is 0 Å². The van der Waals surface area contributed by atoms with Crippen LogP contribution in [-0.2, 0) is 15.1 Å². The molecular formula is C12H17NO3. The minimum atomic E-state index is -1.48. The second-order valence-electron chi connectivity index (χ2n) is 4.00. The van der Waals surface area contributed by atoms with Gasteiger partial charge in [0.2, 0.25) is 0 Å². The Kier molecular flexibility index (Phi) is 4.04. The van der Waals surface area contributed by atoms with Crippen LogP contribution in [0.15, 0.2) is 30.3 Å². The second kappa shape index (κ2) is 5.09. The molecular weight excluding hydrogens is 206 g/mol. The highest BCUT2D eigenvalue weighted by Gasteiger charge is 2.36. The monoisotopic (exact) mass is 223 g/mol. The zero-order valence-electron chi connectivity index (χ0n) is 9.51. The number of ether oxygens (including phenoxy) is 1. The van der Waals surface area contributed by atoms with Crippen molar-refractivity contribution < 1.29 is 14.6 Å². The molecule has 0 amide bonds. The zero-order chi connectivity index (χ0) is 12.2. The van der Waals surface area contributed by atoms with Gasteiger partial charge in [0.05, 0.1) is 12.7 Å². The van der Waals surface area contributed by atoms with Gasteiger partial charge in [0, 0.05) is 0 Å². The number of hydrogen-bond donors (Lipinski definition) is 2. The standard InChI is InChI=1S/C12H17NO3/c1-9(2)16-8-12(13,11(14)15)10-6-4-3-5-7-10/h3-7,9H,8,13H2,1-2H3,(H,14,15). The van der Waals surface area contributed by atoms with Crippen LogP contribution < -0.4 is 5.73 Å². The lowest BCUT2D eigenvalue weighted by Gasteiger charge is -2.26. The molecule has 4 heteroatoms. The van der Waals surface area contributed by atoms with E-state index in [2.05, 4.69) is 0 Å². The lowest BCUT2D eigenvalue weighted by atomic mass is 9.92. The van der Waals surface area contributed by atoms with Gasteiger partial charge in [0.15, 0.2) is 5.54 Å². The third-order valence-corrected chi connectivity index (χ3v) is 2.31. The molecule has 16 heavy (non-hydrogen) atoms. The molecule has 1 unspecified atom stereocenters. The number of carboxylic acids is 1. The highest BCUT2D eigenvalue weighted by Crippen LogP contribution is 2.19. The third kappa shape index (κ3) is 2.81. The quantitative estimate of drug-likeness (QED) is 0.790. The molecule has 1 aromatic carbocycles. The van der Waals surface area contributed by atoms with Crippen LogP contribution >= 0.6 is 0 Å². The van der Waals surface area contributed by atoms with E-state index in [0.29, 0.717) is 5.56 Å². The fourth-order valence-corrected chi connectivity index (χ4v) is 1.30. The van der Waals surface area contributed by atoms with Gasteiger partial charge in [-0.3, -0.25) is 0 Å². The van der Waals surface area contributed by atoms with E-state index in [4.69, 9.17) is 10.5 Å². The molecule has 1 rings (SSSR count). The van der Waals surface area contributed by atoms with Gasteiger partial charge in [0.1, 0.15) is 0 Å². The summed E-state index contributed by atoms with van der Waals surface area (Å²) in [7, 11) is 0. The molecule has 1 aromatic rings. The van der Waals surface area contributed by atoms with Gasteiger partial charge in [-0.05, 0) is 19.4 Å². The summed E-state index contributed by atoms with van der Waals surface area (Å²) < 4.78 is 5.32. The van der Waals surface area contributed by atoms with Gasteiger partial charge in [-0.1, -0.05) is 30.3 Å². The van der Waals surface area contributed by atoms with Crippen LogP contribution in [0, 0.1) is 0 Å². The smallest absolute Gasteiger partial charge is 0.330 e. The summed E-state index contributed by atoms with van der Waals surface area (Å²) in [6.45, 7) is 3.64. The summed E-state index contributed by atoms with van der Waals surface area (Å²) in [5.74, 6) is -1.08. The predicted molar refractivity (Wildman–Crippen MR) is 61.0 cm³/mol. The lowest BCUT2D eigenvalue weighted by molar-refractivity contribution is -0.147. The molecule has 0 saturated carbocycles. The summed E-state index contributed by atoms with van der Waals surface area (Å²) in [4.78, 5) is 11.2. The van der Waals surface area contributed by atoms with Crippen LogP contribution in [0.2, 0.25) is 0 Å². The largest absolute Gasteiger partial charge is 0.480 e. The minimum absolute atomic E-state index is 0.0377. The van der Waals surface area contributed by atoms with Gasteiger partial charge in [-0.2, -0.15) is 0 Å². The van der Waals surface area contributed by atoms with Crippen molar-refractivity contribution in [1.82, 2.24) is 0 Å². The third-order valence-electron chi connectivity index (χ3n) is 2.31. The number of carboxylic acid groups (broad SMARTS) is 1. The number of rotatable bonds is 5. The molecule has 0 aliphatic heterocycles. The van der Waals surface area contributed by atoms with Crippen molar-refractivity contribution in [2.45, 2.75) is 25.5 Å². The first-order valence-electron chi connectivity index (χ1n) is 5.16. The average Bonchev–Trinajstić information content (AvgIpc) is 2.26. The van der Waals surface area contributed by atoms with Gasteiger partial charge in [-0.25, -0.2) is 4.79 Å². The molecule has 0 spiro atoms. The first kappa shape index (κ1) is 12.7. The van der Waals surface area contributed by atoms with Gasteiger partial charge < -0.3 is 15.6 Å². The maximum absolute atomic E-state index is 11.2. The van der Waals surface area contributed by atoms with E-state index in [1.807, 2.05) is 19.9 Å². The maximum atomic E-state index is 11.2. The van der Waals surface area contributed by atoms with Crippen LogP contribution in [0.25, 0.3) is 0 Å². The number of carbonyl (C=O) groups is 1. The van der Waals surface area contributed by atoms with Crippen LogP contribution in [0.1, 0.15) is 19.4 Å². The Balaban J connectivity index is 2.93. The van der Waals surface area contributed by atoms with Crippen LogP contribution in [0.3, 0.4) is 0 Å². The predicted octanol–water partition coefficient (Wildman–Crippen LogP) is 1.35. The zero-order valence-corrected chi connectivity index (χ0v) is 9.51. The van der Waals surface area contributed by atoms with Crippen molar-refractivity contribution in [1.29, 1.82) is 0 Å². The van der Waals surface area contributed by atoms with E-state index in [9.17, 15) is 9.90 Å². The molecule has 0 aliphatic carbocycles. The van der Waals surface area contributed by atoms with Gasteiger partial charge in [0.25, 0.3) is 0 Å². The molecule has 0 saturated heterocycles. The Morgan fingerprint density at radius 2 is 2.00 bits per heavy atom. The lowest BCUT2D eigenvalue weighted by Crippen LogP contribution is -2.49. The Labute approximate surface area is 95.0 Å². The van der Waals surface area contributed by atoms with Crippen molar-refractivity contribution in [3.05, 3.63) is 35.9 Å². The van der Waals surface area contributed by atoms with Crippen molar-refractivity contribution in [2.24, 2.45) is 5.73 Å². The molecule has 1 atom stereocenters. The molecule has 4 nitrogen and oxygen atoms in total. The molecule has 0 radical (unpaired) electrons. The fraction of sp³-hybridized carbons (Fsp3) is 0.417. The first-order chi connectivity index (χ1) is 7.47. The van der Waals surface area contributed by atoms with Crippen molar-refractivity contribution in [3.63, 3.8) is 0 Å². The second-order valence-corrected chi connectivity index (χ2v) is 4.00. The Hall–Kier alpha value is -1.39. The summed E-state index contributed by atoms with van der Waals surface area (Å²) in [5.41, 5.74) is 4.95. The normalized spacial score (nSPS) is 14.8. The Morgan fingerprint density at radius 3 is 2.44 bits per heavy atom. The molecule has 0 fully saturated rings. The molecule has 88 valence electrons. The summed E-state index contributed by atoms with van der Waals surface area (Å²) in [6, 6.07) is 8.72. The number of benzene rings is 1. The Morgan fingerprint density at radius 1 is 1.44 bits per heavy atom. The summed E-state index contributed by atoms with van der Waals surface area (Å²) in [5, 5.41) is 9.19. The van der Waals surface area contributed by atoms with Crippen LogP contribution in [0.5, 0.6) is 0 Å². The topological polar surface area (TPSA) is 72.5 Å². The average molecular weight is 223 g/mol. The summed E-state index contributed by atoms with van der Waals surface area (Å²) >= 11 is 0. The molecule has 0 bridgehead atoms. The van der Waals surface area contributed by atoms with Crippen LogP contribution in [-0.4, -0.2) is 23.8 Å². The van der Waals surface area contributed by atoms with E-state index in [1.165, 1.54) is 0 Å². The van der Waals surface area contributed by atoms with E-state index in [-0.39, 0.29) is 12.7 Å². The van der Waals surface area contributed by atoms with Gasteiger partial charge >= 0.3 is 5.97 Å². The highest BCUT2D eigenvalue weighted by molar-refractivity contribution is 5.80. The Bertz CT molecular complexity index is 351. The number of nitrogens with two attached hydrogens (primary N) is 1. The van der Waals surface area contributed by atoms with Crippen molar-refractivity contribution >= 4 is 5.97 Å². The maximum Gasteiger partial charge on any atom is 0.330 e. The van der Waals surface area contributed by atoms with Crippen LogP contribution in [0.4, 0.5) is 0 Å². The van der Waals surface area contributed by atoms with Gasteiger partial charge in [-0.15, -0.1) is 0 Å². The highest BCUT2D eigenvalue weighted by atomic mass is 16.5.